The first-order valence-electron chi connectivity index (χ1n) is 7.62. The molecule has 2 aromatic carbocycles. The van der Waals surface area contributed by atoms with Crippen LogP contribution in [0.3, 0.4) is 0 Å². The highest BCUT2D eigenvalue weighted by Crippen LogP contribution is 2.25. The lowest BCUT2D eigenvalue weighted by molar-refractivity contribution is -0.119. The molecular formula is C17H18N2O4S. The zero-order chi connectivity index (χ0) is 17.0. The quantitative estimate of drug-likeness (QED) is 0.871. The molecule has 0 bridgehead atoms. The highest BCUT2D eigenvalue weighted by Gasteiger charge is 2.24. The van der Waals surface area contributed by atoms with Crippen molar-refractivity contribution in [2.75, 3.05) is 23.3 Å². The SMILES string of the molecule is O=C(Nc1ccccc1NS(=O)(=O)c1ccccc1)[C@H]1CCOC1. The van der Waals surface area contributed by atoms with Crippen LogP contribution in [0.5, 0.6) is 0 Å². The van der Waals surface area contributed by atoms with Gasteiger partial charge in [-0.05, 0) is 30.7 Å². The van der Waals surface area contributed by atoms with E-state index >= 15 is 0 Å². The molecule has 126 valence electrons. The van der Waals surface area contributed by atoms with Gasteiger partial charge < -0.3 is 10.1 Å². The van der Waals surface area contributed by atoms with E-state index in [9.17, 15) is 13.2 Å². The molecule has 2 aromatic rings. The molecule has 0 saturated carbocycles. The molecule has 0 unspecified atom stereocenters. The number of benzene rings is 2. The summed E-state index contributed by atoms with van der Waals surface area (Å²) < 4.78 is 32.6. The summed E-state index contributed by atoms with van der Waals surface area (Å²) in [4.78, 5) is 12.4. The molecule has 0 radical (unpaired) electrons. The molecule has 1 heterocycles. The molecular weight excluding hydrogens is 328 g/mol. The van der Waals surface area contributed by atoms with Gasteiger partial charge in [0.15, 0.2) is 0 Å². The molecule has 24 heavy (non-hydrogen) atoms. The van der Waals surface area contributed by atoms with Gasteiger partial charge in [-0.3, -0.25) is 9.52 Å². The van der Waals surface area contributed by atoms with Crippen LogP contribution in [-0.4, -0.2) is 27.5 Å². The van der Waals surface area contributed by atoms with Gasteiger partial charge in [-0.2, -0.15) is 0 Å². The summed E-state index contributed by atoms with van der Waals surface area (Å²) in [5.74, 6) is -0.373. The molecule has 1 atom stereocenters. The van der Waals surface area contributed by atoms with Gasteiger partial charge >= 0.3 is 0 Å². The maximum Gasteiger partial charge on any atom is 0.261 e. The molecule has 3 rings (SSSR count). The molecule has 1 amide bonds. The van der Waals surface area contributed by atoms with Crippen LogP contribution >= 0.6 is 0 Å². The molecule has 6 nitrogen and oxygen atoms in total. The first kappa shape index (κ1) is 16.5. The molecule has 2 N–H and O–H groups in total. The Labute approximate surface area is 140 Å². The van der Waals surface area contributed by atoms with E-state index in [4.69, 9.17) is 4.74 Å². The molecule has 7 heteroatoms. The zero-order valence-corrected chi connectivity index (χ0v) is 13.8. The fourth-order valence-corrected chi connectivity index (χ4v) is 3.56. The van der Waals surface area contributed by atoms with Crippen LogP contribution in [0.1, 0.15) is 6.42 Å². The van der Waals surface area contributed by atoms with Gasteiger partial charge in [0, 0.05) is 6.61 Å². The number of rotatable bonds is 5. The van der Waals surface area contributed by atoms with Crippen molar-refractivity contribution in [3.05, 3.63) is 54.6 Å². The highest BCUT2D eigenvalue weighted by atomic mass is 32.2. The minimum absolute atomic E-state index is 0.162. The van der Waals surface area contributed by atoms with Gasteiger partial charge in [-0.15, -0.1) is 0 Å². The first-order chi connectivity index (χ1) is 11.6. The predicted octanol–water partition coefficient (Wildman–Crippen LogP) is 2.46. The van der Waals surface area contributed by atoms with Crippen molar-refractivity contribution >= 4 is 27.3 Å². The highest BCUT2D eigenvalue weighted by molar-refractivity contribution is 7.92. The molecule has 0 aromatic heterocycles. The van der Waals surface area contributed by atoms with E-state index in [2.05, 4.69) is 10.0 Å². The molecule has 1 aliphatic rings. The van der Waals surface area contributed by atoms with Gasteiger partial charge in [0.05, 0.1) is 28.8 Å². The number of sulfonamides is 1. The Hall–Kier alpha value is -2.38. The smallest absolute Gasteiger partial charge is 0.261 e. The first-order valence-corrected chi connectivity index (χ1v) is 9.10. The van der Waals surface area contributed by atoms with E-state index in [1.54, 1.807) is 42.5 Å². The Kier molecular flexibility index (Phi) is 4.82. The molecule has 1 aliphatic heterocycles. The summed E-state index contributed by atoms with van der Waals surface area (Å²) in [5.41, 5.74) is 0.752. The van der Waals surface area contributed by atoms with E-state index < -0.39 is 10.0 Å². The normalized spacial score (nSPS) is 17.4. The number of amides is 1. The number of hydrogen-bond acceptors (Lipinski definition) is 4. The van der Waals surface area contributed by atoms with Crippen molar-refractivity contribution in [1.82, 2.24) is 0 Å². The van der Waals surface area contributed by atoms with Crippen molar-refractivity contribution in [3.63, 3.8) is 0 Å². The van der Waals surface area contributed by atoms with Crippen molar-refractivity contribution in [1.29, 1.82) is 0 Å². The summed E-state index contributed by atoms with van der Waals surface area (Å²) >= 11 is 0. The predicted molar refractivity (Wildman–Crippen MR) is 91.2 cm³/mol. The van der Waals surface area contributed by atoms with Gasteiger partial charge in [-0.25, -0.2) is 8.42 Å². The Bertz CT molecular complexity index is 815. The fourth-order valence-electron chi connectivity index (χ4n) is 2.46. The van der Waals surface area contributed by atoms with E-state index in [0.717, 1.165) is 0 Å². The topological polar surface area (TPSA) is 84.5 Å². The number of anilines is 2. The second-order valence-electron chi connectivity index (χ2n) is 5.51. The summed E-state index contributed by atoms with van der Waals surface area (Å²) in [5, 5.41) is 2.78. The average Bonchev–Trinajstić information content (AvgIpc) is 3.12. The lowest BCUT2D eigenvalue weighted by Crippen LogP contribution is -2.24. The fraction of sp³-hybridized carbons (Fsp3) is 0.235. The number of carbonyl (C=O) groups excluding carboxylic acids is 1. The summed E-state index contributed by atoms with van der Waals surface area (Å²) in [7, 11) is -3.72. The van der Waals surface area contributed by atoms with E-state index in [-0.39, 0.29) is 16.7 Å². The largest absolute Gasteiger partial charge is 0.381 e. The molecule has 0 spiro atoms. The number of hydrogen-bond donors (Lipinski definition) is 2. The number of carbonyl (C=O) groups is 1. The van der Waals surface area contributed by atoms with Gasteiger partial charge in [0.2, 0.25) is 5.91 Å². The standard InChI is InChI=1S/C17H18N2O4S/c20-17(13-10-11-23-12-13)18-15-8-4-5-9-16(15)19-24(21,22)14-6-2-1-3-7-14/h1-9,13,19H,10-12H2,(H,18,20)/t13-/m0/s1. The number of nitrogens with one attached hydrogen (secondary N) is 2. The Morgan fingerprint density at radius 2 is 1.67 bits per heavy atom. The van der Waals surface area contributed by atoms with Crippen LogP contribution < -0.4 is 10.0 Å². The van der Waals surface area contributed by atoms with Crippen molar-refractivity contribution in [3.8, 4) is 0 Å². The Balaban J connectivity index is 1.80. The van der Waals surface area contributed by atoms with Crippen molar-refractivity contribution in [2.24, 2.45) is 5.92 Å². The van der Waals surface area contributed by atoms with Gasteiger partial charge in [-0.1, -0.05) is 30.3 Å². The lowest BCUT2D eigenvalue weighted by Gasteiger charge is -2.15. The summed E-state index contributed by atoms with van der Waals surface area (Å²) in [6.45, 7) is 0.962. The maximum absolute atomic E-state index is 12.5. The number of ether oxygens (including phenoxy) is 1. The average molecular weight is 346 g/mol. The summed E-state index contributed by atoms with van der Waals surface area (Å²) in [6.07, 6.45) is 0.670. The van der Waals surface area contributed by atoms with Crippen molar-refractivity contribution in [2.45, 2.75) is 11.3 Å². The third-order valence-electron chi connectivity index (χ3n) is 3.78. The van der Waals surface area contributed by atoms with Crippen LogP contribution in [0.25, 0.3) is 0 Å². The Morgan fingerprint density at radius 3 is 2.33 bits per heavy atom. The van der Waals surface area contributed by atoms with Crippen LogP contribution in [0.2, 0.25) is 0 Å². The van der Waals surface area contributed by atoms with Crippen molar-refractivity contribution < 1.29 is 17.9 Å². The molecule has 1 fully saturated rings. The van der Waals surface area contributed by atoms with Crippen LogP contribution in [0, 0.1) is 5.92 Å². The van der Waals surface area contributed by atoms with Gasteiger partial charge in [0.1, 0.15) is 0 Å². The van der Waals surface area contributed by atoms with Gasteiger partial charge in [0.25, 0.3) is 10.0 Å². The zero-order valence-electron chi connectivity index (χ0n) is 12.9. The second kappa shape index (κ2) is 7.02. The van der Waals surface area contributed by atoms with Crippen LogP contribution in [-0.2, 0) is 19.6 Å². The minimum atomic E-state index is -3.72. The number of para-hydroxylation sites is 2. The third kappa shape index (κ3) is 3.74. The van der Waals surface area contributed by atoms with Crippen LogP contribution in [0.15, 0.2) is 59.5 Å². The molecule has 0 aliphatic carbocycles. The lowest BCUT2D eigenvalue weighted by atomic mass is 10.1. The third-order valence-corrected chi connectivity index (χ3v) is 5.16. The van der Waals surface area contributed by atoms with E-state index in [1.165, 1.54) is 12.1 Å². The molecule has 1 saturated heterocycles. The maximum atomic E-state index is 12.5. The Morgan fingerprint density at radius 1 is 1.00 bits per heavy atom. The van der Waals surface area contributed by atoms with Crippen LogP contribution in [0.4, 0.5) is 11.4 Å². The monoisotopic (exact) mass is 346 g/mol. The minimum Gasteiger partial charge on any atom is -0.381 e. The summed E-state index contributed by atoms with van der Waals surface area (Å²) in [6, 6.07) is 14.8. The van der Waals surface area contributed by atoms with E-state index in [0.29, 0.717) is 31.0 Å². The van der Waals surface area contributed by atoms with E-state index in [1.807, 2.05) is 0 Å². The second-order valence-corrected chi connectivity index (χ2v) is 7.20.